The van der Waals surface area contributed by atoms with Crippen LogP contribution in [0.2, 0.25) is 0 Å². The van der Waals surface area contributed by atoms with Gasteiger partial charge in [0.2, 0.25) is 0 Å². The number of hydrogen-bond acceptors (Lipinski definition) is 4. The van der Waals surface area contributed by atoms with Gasteiger partial charge >= 0.3 is 5.97 Å². The lowest BCUT2D eigenvalue weighted by molar-refractivity contribution is 0.0696. The zero-order valence-corrected chi connectivity index (χ0v) is 8.58. The van der Waals surface area contributed by atoms with E-state index in [0.717, 1.165) is 5.69 Å². The molecule has 0 aromatic carbocycles. The number of aryl methyl sites for hydroxylation is 1. The average molecular weight is 215 g/mol. The van der Waals surface area contributed by atoms with Crippen LogP contribution in [-0.4, -0.2) is 26.0 Å². The SMILES string of the molecule is Cc1cccc(-c2ncc(C(=O)O)cn2)n1. The highest BCUT2D eigenvalue weighted by Crippen LogP contribution is 2.11. The number of pyridine rings is 1. The highest BCUT2D eigenvalue weighted by Gasteiger charge is 2.06. The molecule has 16 heavy (non-hydrogen) atoms. The number of nitrogens with zero attached hydrogens (tertiary/aromatic N) is 3. The first kappa shape index (κ1) is 10.2. The predicted molar refractivity (Wildman–Crippen MR) is 57.0 cm³/mol. The van der Waals surface area contributed by atoms with Gasteiger partial charge in [0.15, 0.2) is 5.82 Å². The zero-order chi connectivity index (χ0) is 11.5. The van der Waals surface area contributed by atoms with Crippen LogP contribution < -0.4 is 0 Å². The van der Waals surface area contributed by atoms with Gasteiger partial charge in [0.1, 0.15) is 5.69 Å². The van der Waals surface area contributed by atoms with Crippen molar-refractivity contribution in [3.05, 3.63) is 41.9 Å². The van der Waals surface area contributed by atoms with Gasteiger partial charge in [0.25, 0.3) is 0 Å². The summed E-state index contributed by atoms with van der Waals surface area (Å²) in [6.07, 6.45) is 2.54. The van der Waals surface area contributed by atoms with Crippen molar-refractivity contribution in [2.24, 2.45) is 0 Å². The van der Waals surface area contributed by atoms with Crippen LogP contribution in [0.15, 0.2) is 30.6 Å². The van der Waals surface area contributed by atoms with E-state index >= 15 is 0 Å². The summed E-state index contributed by atoms with van der Waals surface area (Å²) in [4.78, 5) is 22.8. The highest BCUT2D eigenvalue weighted by atomic mass is 16.4. The summed E-state index contributed by atoms with van der Waals surface area (Å²) >= 11 is 0. The monoisotopic (exact) mass is 215 g/mol. The molecular formula is C11H9N3O2. The van der Waals surface area contributed by atoms with Crippen molar-refractivity contribution in [1.29, 1.82) is 0 Å². The second kappa shape index (κ2) is 4.06. The first-order chi connectivity index (χ1) is 7.66. The topological polar surface area (TPSA) is 76.0 Å². The van der Waals surface area contributed by atoms with Crippen LogP contribution in [-0.2, 0) is 0 Å². The second-order valence-corrected chi connectivity index (χ2v) is 3.26. The normalized spacial score (nSPS) is 10.1. The van der Waals surface area contributed by atoms with Crippen molar-refractivity contribution in [3.63, 3.8) is 0 Å². The molecule has 0 aliphatic rings. The number of rotatable bonds is 2. The van der Waals surface area contributed by atoms with E-state index in [2.05, 4.69) is 15.0 Å². The molecule has 0 radical (unpaired) electrons. The van der Waals surface area contributed by atoms with E-state index < -0.39 is 5.97 Å². The summed E-state index contributed by atoms with van der Waals surface area (Å²) < 4.78 is 0. The Balaban J connectivity index is 2.38. The van der Waals surface area contributed by atoms with Crippen LogP contribution in [0.3, 0.4) is 0 Å². The third kappa shape index (κ3) is 2.03. The molecule has 0 saturated carbocycles. The minimum absolute atomic E-state index is 0.0661. The molecule has 0 bridgehead atoms. The van der Waals surface area contributed by atoms with Crippen molar-refractivity contribution < 1.29 is 9.90 Å². The lowest BCUT2D eigenvalue weighted by Crippen LogP contribution is -2.00. The Hall–Kier alpha value is -2.30. The smallest absolute Gasteiger partial charge is 0.338 e. The zero-order valence-electron chi connectivity index (χ0n) is 8.58. The lowest BCUT2D eigenvalue weighted by atomic mass is 10.3. The highest BCUT2D eigenvalue weighted by molar-refractivity contribution is 5.86. The van der Waals surface area contributed by atoms with Gasteiger partial charge in [0.05, 0.1) is 5.56 Å². The van der Waals surface area contributed by atoms with Gasteiger partial charge < -0.3 is 5.11 Å². The van der Waals surface area contributed by atoms with Gasteiger partial charge in [-0.2, -0.15) is 0 Å². The van der Waals surface area contributed by atoms with Gasteiger partial charge in [0, 0.05) is 18.1 Å². The van der Waals surface area contributed by atoms with Crippen LogP contribution in [0.4, 0.5) is 0 Å². The predicted octanol–water partition coefficient (Wildman–Crippen LogP) is 1.55. The number of aromatic carboxylic acids is 1. The standard InChI is InChI=1S/C11H9N3O2/c1-7-3-2-4-9(14-7)10-12-5-8(6-13-10)11(15)16/h2-6H,1H3,(H,15,16). The molecule has 0 aliphatic heterocycles. The van der Waals surface area contributed by atoms with E-state index in [4.69, 9.17) is 5.11 Å². The molecule has 0 fully saturated rings. The fraction of sp³-hybridized carbons (Fsp3) is 0.0909. The quantitative estimate of drug-likeness (QED) is 0.822. The molecule has 2 aromatic rings. The summed E-state index contributed by atoms with van der Waals surface area (Å²) in [5.41, 5.74) is 1.57. The molecule has 0 amide bonds. The fourth-order valence-corrected chi connectivity index (χ4v) is 1.24. The Labute approximate surface area is 91.8 Å². The second-order valence-electron chi connectivity index (χ2n) is 3.26. The maximum Gasteiger partial charge on any atom is 0.338 e. The molecule has 0 atom stereocenters. The van der Waals surface area contributed by atoms with Crippen molar-refractivity contribution in [1.82, 2.24) is 15.0 Å². The Morgan fingerprint density at radius 1 is 1.25 bits per heavy atom. The van der Waals surface area contributed by atoms with Crippen LogP contribution >= 0.6 is 0 Å². The van der Waals surface area contributed by atoms with Crippen LogP contribution in [0.1, 0.15) is 16.1 Å². The Morgan fingerprint density at radius 3 is 2.50 bits per heavy atom. The molecule has 0 unspecified atom stereocenters. The van der Waals surface area contributed by atoms with Crippen molar-refractivity contribution in [2.45, 2.75) is 6.92 Å². The Morgan fingerprint density at radius 2 is 1.94 bits per heavy atom. The van der Waals surface area contributed by atoms with E-state index in [9.17, 15) is 4.79 Å². The van der Waals surface area contributed by atoms with E-state index in [-0.39, 0.29) is 5.56 Å². The number of carboxylic acid groups (broad SMARTS) is 1. The third-order valence-electron chi connectivity index (χ3n) is 2.02. The number of carboxylic acids is 1. The fourth-order valence-electron chi connectivity index (χ4n) is 1.24. The van der Waals surface area contributed by atoms with E-state index in [1.807, 2.05) is 19.1 Å². The van der Waals surface area contributed by atoms with Crippen molar-refractivity contribution in [3.8, 4) is 11.5 Å². The summed E-state index contributed by atoms with van der Waals surface area (Å²) in [5, 5.41) is 8.69. The third-order valence-corrected chi connectivity index (χ3v) is 2.02. The molecule has 80 valence electrons. The summed E-state index contributed by atoms with van der Waals surface area (Å²) in [6.45, 7) is 1.87. The lowest BCUT2D eigenvalue weighted by Gasteiger charge is -2.00. The molecule has 5 heteroatoms. The molecule has 1 N–H and O–H groups in total. The van der Waals surface area contributed by atoms with Gasteiger partial charge in [-0.3, -0.25) is 0 Å². The molecule has 5 nitrogen and oxygen atoms in total. The molecule has 2 rings (SSSR count). The minimum atomic E-state index is -1.04. The largest absolute Gasteiger partial charge is 0.478 e. The van der Waals surface area contributed by atoms with E-state index in [0.29, 0.717) is 11.5 Å². The number of hydrogen-bond donors (Lipinski definition) is 1. The van der Waals surface area contributed by atoms with Crippen LogP contribution in [0.5, 0.6) is 0 Å². The van der Waals surface area contributed by atoms with E-state index in [1.165, 1.54) is 12.4 Å². The van der Waals surface area contributed by atoms with E-state index in [1.54, 1.807) is 6.07 Å². The Bertz CT molecular complexity index is 523. The summed E-state index contributed by atoms with van der Waals surface area (Å²) in [5.74, 6) is -0.613. The average Bonchev–Trinajstić information content (AvgIpc) is 2.29. The number of carbonyl (C=O) groups is 1. The van der Waals surface area contributed by atoms with Gasteiger partial charge in [-0.15, -0.1) is 0 Å². The van der Waals surface area contributed by atoms with Crippen LogP contribution in [0, 0.1) is 6.92 Å². The molecule has 0 aliphatic carbocycles. The number of aromatic nitrogens is 3. The molecule has 2 aromatic heterocycles. The molecule has 2 heterocycles. The van der Waals surface area contributed by atoms with Crippen LogP contribution in [0.25, 0.3) is 11.5 Å². The van der Waals surface area contributed by atoms with Gasteiger partial charge in [-0.1, -0.05) is 6.07 Å². The van der Waals surface area contributed by atoms with Crippen molar-refractivity contribution in [2.75, 3.05) is 0 Å². The molecular weight excluding hydrogens is 206 g/mol. The first-order valence-electron chi connectivity index (χ1n) is 4.66. The maximum absolute atomic E-state index is 10.6. The minimum Gasteiger partial charge on any atom is -0.478 e. The Kier molecular flexibility index (Phi) is 2.59. The maximum atomic E-state index is 10.6. The first-order valence-corrected chi connectivity index (χ1v) is 4.66. The summed E-state index contributed by atoms with van der Waals surface area (Å²) in [6, 6.07) is 5.50. The van der Waals surface area contributed by atoms with Gasteiger partial charge in [-0.05, 0) is 19.1 Å². The molecule has 0 saturated heterocycles. The molecule has 0 spiro atoms. The summed E-state index contributed by atoms with van der Waals surface area (Å²) in [7, 11) is 0. The van der Waals surface area contributed by atoms with Gasteiger partial charge in [-0.25, -0.2) is 19.7 Å². The van der Waals surface area contributed by atoms with Crippen molar-refractivity contribution >= 4 is 5.97 Å².